The van der Waals surface area contributed by atoms with E-state index < -0.39 is 24.4 Å². The maximum absolute atomic E-state index is 12.4. The smallest absolute Gasteiger partial charge is 0.414 e. The van der Waals surface area contributed by atoms with Gasteiger partial charge in [-0.1, -0.05) is 12.1 Å². The molecule has 0 radical (unpaired) electrons. The fourth-order valence-electron chi connectivity index (χ4n) is 4.11. The number of ether oxygens (including phenoxy) is 4. The zero-order valence-electron chi connectivity index (χ0n) is 19.1. The number of nitrogens with one attached hydrogen (secondary N) is 1. The minimum atomic E-state index is -0.972. The predicted octanol–water partition coefficient (Wildman–Crippen LogP) is 1.42. The van der Waals surface area contributed by atoms with Crippen molar-refractivity contribution in [2.45, 2.75) is 18.3 Å². The fraction of sp³-hybridized carbons (Fsp3) is 0.375. The van der Waals surface area contributed by atoms with E-state index in [0.717, 1.165) is 0 Å². The molecule has 1 fully saturated rings. The highest BCUT2D eigenvalue weighted by atomic mass is 16.6. The third-order valence-electron chi connectivity index (χ3n) is 5.94. The molecule has 2 aromatic carbocycles. The summed E-state index contributed by atoms with van der Waals surface area (Å²) in [6, 6.07) is 10.6. The highest BCUT2D eigenvalue weighted by molar-refractivity contribution is 5.90. The van der Waals surface area contributed by atoms with Crippen LogP contribution in [0, 0.1) is 0 Å². The molecule has 3 heterocycles. The lowest BCUT2D eigenvalue weighted by molar-refractivity contribution is 0.0312. The molecule has 3 atom stereocenters. The van der Waals surface area contributed by atoms with Gasteiger partial charge in [-0.25, -0.2) is 14.8 Å². The molecule has 2 aliphatic heterocycles. The number of hydrogen-bond acceptors (Lipinski definition) is 10. The van der Waals surface area contributed by atoms with Crippen LogP contribution in [0.3, 0.4) is 0 Å². The highest BCUT2D eigenvalue weighted by Crippen LogP contribution is 2.35. The third-order valence-corrected chi connectivity index (χ3v) is 5.94. The maximum atomic E-state index is 12.4. The van der Waals surface area contributed by atoms with Gasteiger partial charge in [-0.3, -0.25) is 4.90 Å². The van der Waals surface area contributed by atoms with E-state index in [2.05, 4.69) is 15.3 Å². The number of anilines is 1. The summed E-state index contributed by atoms with van der Waals surface area (Å²) in [5.74, 6) is 1.55. The SMILES string of the molecule is COc1cnc2cccc(C(O)CNC[C@H](O)C3CN(c4ccc5c(c4)OCCO5)C(=O)O3)c2n1. The first kappa shape index (κ1) is 23.1. The lowest BCUT2D eigenvalue weighted by Gasteiger charge is -2.21. The first-order chi connectivity index (χ1) is 17.0. The van der Waals surface area contributed by atoms with Gasteiger partial charge < -0.3 is 34.5 Å². The van der Waals surface area contributed by atoms with E-state index >= 15 is 0 Å². The molecule has 3 aromatic rings. The molecular weight excluding hydrogens is 456 g/mol. The minimum Gasteiger partial charge on any atom is -0.486 e. The maximum Gasteiger partial charge on any atom is 0.414 e. The van der Waals surface area contributed by atoms with Crippen LogP contribution in [-0.4, -0.2) is 78.4 Å². The molecule has 11 heteroatoms. The number of methoxy groups -OCH3 is 1. The Morgan fingerprint density at radius 1 is 1.17 bits per heavy atom. The van der Waals surface area contributed by atoms with E-state index in [0.29, 0.717) is 52.9 Å². The molecule has 1 aromatic heterocycles. The minimum absolute atomic E-state index is 0.115. The number of amides is 1. The van der Waals surface area contributed by atoms with Crippen LogP contribution in [0.15, 0.2) is 42.6 Å². The van der Waals surface area contributed by atoms with E-state index in [9.17, 15) is 15.0 Å². The molecule has 0 bridgehead atoms. The predicted molar refractivity (Wildman–Crippen MR) is 125 cm³/mol. The van der Waals surface area contributed by atoms with E-state index in [1.807, 2.05) is 0 Å². The third kappa shape index (κ3) is 4.78. The largest absolute Gasteiger partial charge is 0.486 e. The van der Waals surface area contributed by atoms with Crippen molar-refractivity contribution in [2.75, 3.05) is 44.9 Å². The van der Waals surface area contributed by atoms with E-state index in [4.69, 9.17) is 18.9 Å². The summed E-state index contributed by atoms with van der Waals surface area (Å²) in [5.41, 5.74) is 2.37. The van der Waals surface area contributed by atoms with Gasteiger partial charge in [0.25, 0.3) is 0 Å². The number of nitrogens with zero attached hydrogens (tertiary/aromatic N) is 3. The number of para-hydroxylation sites is 1. The summed E-state index contributed by atoms with van der Waals surface area (Å²) in [5, 5.41) is 24.4. The van der Waals surface area contributed by atoms with Gasteiger partial charge in [0.15, 0.2) is 11.5 Å². The molecule has 35 heavy (non-hydrogen) atoms. The summed E-state index contributed by atoms with van der Waals surface area (Å²) in [7, 11) is 1.50. The zero-order valence-corrected chi connectivity index (χ0v) is 19.1. The van der Waals surface area contributed by atoms with E-state index in [1.165, 1.54) is 18.2 Å². The fourth-order valence-corrected chi connectivity index (χ4v) is 4.11. The monoisotopic (exact) mass is 482 g/mol. The molecule has 0 aliphatic carbocycles. The van der Waals surface area contributed by atoms with Gasteiger partial charge in [-0.15, -0.1) is 0 Å². The Bertz CT molecular complexity index is 1220. The van der Waals surface area contributed by atoms with Gasteiger partial charge in [0, 0.05) is 24.7 Å². The van der Waals surface area contributed by atoms with Crippen molar-refractivity contribution in [3.8, 4) is 17.4 Å². The van der Waals surface area contributed by atoms with Crippen molar-refractivity contribution >= 4 is 22.8 Å². The van der Waals surface area contributed by atoms with Crippen LogP contribution in [0.1, 0.15) is 11.7 Å². The van der Waals surface area contributed by atoms with Crippen LogP contribution >= 0.6 is 0 Å². The van der Waals surface area contributed by atoms with Crippen molar-refractivity contribution < 1.29 is 34.0 Å². The second kappa shape index (κ2) is 9.90. The number of aliphatic hydroxyl groups excluding tert-OH is 2. The van der Waals surface area contributed by atoms with Crippen LogP contribution in [0.25, 0.3) is 11.0 Å². The number of benzene rings is 2. The first-order valence-electron chi connectivity index (χ1n) is 11.3. The Morgan fingerprint density at radius 3 is 2.83 bits per heavy atom. The lowest BCUT2D eigenvalue weighted by Crippen LogP contribution is -2.40. The average Bonchev–Trinajstić information content (AvgIpc) is 3.29. The summed E-state index contributed by atoms with van der Waals surface area (Å²) in [4.78, 5) is 22.6. The van der Waals surface area contributed by atoms with Gasteiger partial charge >= 0.3 is 6.09 Å². The number of fused-ring (bicyclic) bond motifs is 2. The molecule has 1 amide bonds. The van der Waals surface area contributed by atoms with Gasteiger partial charge in [0.1, 0.15) is 25.4 Å². The van der Waals surface area contributed by atoms with Crippen molar-refractivity contribution in [2.24, 2.45) is 0 Å². The number of hydrogen-bond donors (Lipinski definition) is 3. The molecule has 5 rings (SSSR count). The van der Waals surface area contributed by atoms with Crippen LogP contribution in [-0.2, 0) is 4.74 Å². The van der Waals surface area contributed by atoms with Gasteiger partial charge in [-0.2, -0.15) is 0 Å². The van der Waals surface area contributed by atoms with Crippen LogP contribution < -0.4 is 24.4 Å². The van der Waals surface area contributed by atoms with Crippen molar-refractivity contribution in [1.29, 1.82) is 0 Å². The van der Waals surface area contributed by atoms with E-state index in [-0.39, 0.29) is 19.6 Å². The molecule has 2 unspecified atom stereocenters. The molecule has 3 N–H and O–H groups in total. The Balaban J connectivity index is 1.18. The molecule has 1 saturated heterocycles. The average molecular weight is 482 g/mol. The van der Waals surface area contributed by atoms with Crippen LogP contribution in [0.4, 0.5) is 10.5 Å². The summed E-state index contributed by atoms with van der Waals surface area (Å²) in [6.45, 7) is 1.38. The number of rotatable bonds is 8. The molecule has 184 valence electrons. The van der Waals surface area contributed by atoms with Gasteiger partial charge in [-0.05, 0) is 18.2 Å². The summed E-state index contributed by atoms with van der Waals surface area (Å²) < 4.78 is 21.6. The van der Waals surface area contributed by atoms with Gasteiger partial charge in [0.2, 0.25) is 5.88 Å². The first-order valence-corrected chi connectivity index (χ1v) is 11.3. The second-order valence-corrected chi connectivity index (χ2v) is 8.23. The molecule has 11 nitrogen and oxygen atoms in total. The number of carbonyl (C=O) groups excluding carboxylic acids is 1. The number of aromatic nitrogens is 2. The molecular formula is C24H26N4O7. The highest BCUT2D eigenvalue weighted by Gasteiger charge is 2.37. The Labute approximate surface area is 201 Å². The standard InChI is InChI=1S/C24H26N4O7/c1-32-22-12-26-16-4-2-3-15(23(16)27-22)17(29)10-25-11-18(30)21-13-28(24(31)35-21)14-5-6-19-20(9-14)34-8-7-33-19/h2-6,9,12,17-18,21,25,29-30H,7-8,10-11,13H2,1H3/t17?,18-,21?/m0/s1. The quantitative estimate of drug-likeness (QED) is 0.432. The van der Waals surface area contributed by atoms with Crippen LogP contribution in [0.2, 0.25) is 0 Å². The van der Waals surface area contributed by atoms with Crippen molar-refractivity contribution in [3.63, 3.8) is 0 Å². The zero-order chi connectivity index (χ0) is 24.4. The topological polar surface area (TPSA) is 136 Å². The van der Waals surface area contributed by atoms with Crippen molar-refractivity contribution in [1.82, 2.24) is 15.3 Å². The second-order valence-electron chi connectivity index (χ2n) is 8.23. The van der Waals surface area contributed by atoms with Crippen LogP contribution in [0.5, 0.6) is 17.4 Å². The summed E-state index contributed by atoms with van der Waals surface area (Å²) in [6.07, 6.45) is -1.62. The summed E-state index contributed by atoms with van der Waals surface area (Å²) >= 11 is 0. The van der Waals surface area contributed by atoms with E-state index in [1.54, 1.807) is 36.4 Å². The number of aliphatic hydroxyl groups is 2. The molecule has 2 aliphatic rings. The normalized spacial score (nSPS) is 18.9. The molecule has 0 saturated carbocycles. The Kier molecular flexibility index (Phi) is 6.53. The number of cyclic esters (lactones) is 1. The Hall–Kier alpha value is -3.67. The van der Waals surface area contributed by atoms with Crippen molar-refractivity contribution in [3.05, 3.63) is 48.2 Å². The molecule has 0 spiro atoms. The lowest BCUT2D eigenvalue weighted by atomic mass is 10.1. The number of carbonyl (C=O) groups is 1. The Morgan fingerprint density at radius 2 is 2.00 bits per heavy atom. The van der Waals surface area contributed by atoms with Gasteiger partial charge in [0.05, 0.1) is 42.7 Å².